The van der Waals surface area contributed by atoms with Gasteiger partial charge in [-0.1, -0.05) is 59.6 Å². The van der Waals surface area contributed by atoms with Crippen molar-refractivity contribution in [1.82, 2.24) is 15.0 Å². The smallest absolute Gasteiger partial charge is 0.358 e. The minimum atomic E-state index is -1.92. The van der Waals surface area contributed by atoms with E-state index in [9.17, 15) is 25.2 Å². The zero-order chi connectivity index (χ0) is 35.5. The van der Waals surface area contributed by atoms with Crippen LogP contribution < -0.4 is 4.74 Å². The van der Waals surface area contributed by atoms with Crippen molar-refractivity contribution >= 4 is 11.7 Å². The number of aliphatic hydroxyl groups excluding tert-OH is 2. The van der Waals surface area contributed by atoms with Gasteiger partial charge in [-0.15, -0.1) is 5.10 Å². The van der Waals surface area contributed by atoms with Gasteiger partial charge >= 0.3 is 5.97 Å². The molecule has 0 amide bonds. The zero-order valence-corrected chi connectivity index (χ0v) is 28.9. The van der Waals surface area contributed by atoms with Crippen LogP contribution in [0.25, 0.3) is 0 Å². The van der Waals surface area contributed by atoms with E-state index in [1.165, 1.54) is 16.9 Å². The number of hydrogen-bond donors (Lipinski definition) is 4. The molecule has 1 aromatic heterocycles. The summed E-state index contributed by atoms with van der Waals surface area (Å²) >= 11 is 0. The summed E-state index contributed by atoms with van der Waals surface area (Å²) < 4.78 is 13.7. The summed E-state index contributed by atoms with van der Waals surface area (Å²) in [5, 5.41) is 56.2. The van der Waals surface area contributed by atoms with Gasteiger partial charge < -0.3 is 34.7 Å². The molecule has 50 heavy (non-hydrogen) atoms. The van der Waals surface area contributed by atoms with Crippen LogP contribution in [0.4, 0.5) is 0 Å². The zero-order valence-electron chi connectivity index (χ0n) is 28.9. The average Bonchev–Trinajstić information content (AvgIpc) is 3.57. The molecule has 1 fully saturated rings. The Bertz CT molecular complexity index is 1700. The number of allylic oxidation sites excluding steroid dienone is 1. The number of carbonyl (C=O) groups is 1. The van der Waals surface area contributed by atoms with E-state index in [0.29, 0.717) is 24.3 Å². The highest BCUT2D eigenvalue weighted by molar-refractivity contribution is 6.02. The maximum Gasteiger partial charge on any atom is 0.358 e. The molecule has 0 saturated heterocycles. The third kappa shape index (κ3) is 7.28. The summed E-state index contributed by atoms with van der Waals surface area (Å²) in [4.78, 5) is 19.5. The minimum absolute atomic E-state index is 0.0173. The number of ether oxygens (including phenoxy) is 2. The van der Waals surface area contributed by atoms with Crippen molar-refractivity contribution in [3.8, 4) is 11.5 Å². The van der Waals surface area contributed by atoms with Gasteiger partial charge in [0.25, 0.3) is 0 Å². The molecule has 12 nitrogen and oxygen atoms in total. The van der Waals surface area contributed by atoms with Gasteiger partial charge in [0.2, 0.25) is 5.79 Å². The lowest BCUT2D eigenvalue weighted by atomic mass is 9.55. The average molecular weight is 689 g/mol. The lowest BCUT2D eigenvalue weighted by molar-refractivity contribution is -0.225. The van der Waals surface area contributed by atoms with Crippen LogP contribution in [-0.2, 0) is 16.2 Å². The number of carbonyl (C=O) groups excluding carboxylic acids is 1. The van der Waals surface area contributed by atoms with E-state index in [1.807, 2.05) is 30.3 Å². The molecular formula is C38H48N4O8. The van der Waals surface area contributed by atoms with E-state index < -0.39 is 29.3 Å². The van der Waals surface area contributed by atoms with Crippen LogP contribution in [0.15, 0.2) is 71.5 Å². The standard InChI is InChI=1S/C38H48N4O8/c1-37(2,3)50-36(46)31-22-39-41-42(31)33-21-30(40-48-23-24-11-5-4-6-12-24)28-19-25(13-7-9-17-43)27(14-8-10-18-44)34-29-20-26(45)15-16-32(29)49-38(33,47)35(28)34/h4-6,11-12,15-16,19-20,22,25,27,33-35,43-45,47H,7-10,13-14,17-18,21,23H2,1-3H3/t25-,27+,33-,34+,35+,38+/m0/s1. The maximum absolute atomic E-state index is 13.5. The third-order valence-corrected chi connectivity index (χ3v) is 9.99. The Hall–Kier alpha value is -4.26. The van der Waals surface area contributed by atoms with Crippen molar-refractivity contribution < 1.29 is 39.5 Å². The van der Waals surface area contributed by atoms with Gasteiger partial charge in [-0.25, -0.2) is 9.48 Å². The number of nitrogens with zero attached hydrogens (tertiary/aromatic N) is 4. The largest absolute Gasteiger partial charge is 0.508 e. The van der Waals surface area contributed by atoms with Crippen molar-refractivity contribution in [2.24, 2.45) is 22.9 Å². The monoisotopic (exact) mass is 688 g/mol. The highest BCUT2D eigenvalue weighted by atomic mass is 16.6. The lowest BCUT2D eigenvalue weighted by Crippen LogP contribution is -2.62. The van der Waals surface area contributed by atoms with E-state index in [4.69, 9.17) is 19.5 Å². The Morgan fingerprint density at radius 3 is 2.52 bits per heavy atom. The molecule has 3 aliphatic rings. The van der Waals surface area contributed by atoms with Crippen molar-refractivity contribution in [3.63, 3.8) is 0 Å². The number of fused-ring (bicyclic) bond motifs is 2. The van der Waals surface area contributed by atoms with Gasteiger partial charge in [-0.05, 0) is 87.6 Å². The molecule has 268 valence electrons. The van der Waals surface area contributed by atoms with Gasteiger partial charge in [0, 0.05) is 31.1 Å². The number of rotatable bonds is 13. The lowest BCUT2D eigenvalue weighted by Gasteiger charge is -2.56. The number of oxime groups is 1. The summed E-state index contributed by atoms with van der Waals surface area (Å²) in [6.45, 7) is 5.71. The Kier molecular flexibility index (Phi) is 10.6. The summed E-state index contributed by atoms with van der Waals surface area (Å²) in [6.07, 6.45) is 7.98. The first kappa shape index (κ1) is 35.6. The topological polar surface area (TPSA) is 169 Å². The van der Waals surface area contributed by atoms with Crippen molar-refractivity contribution in [2.45, 2.75) is 95.7 Å². The highest BCUT2D eigenvalue weighted by Crippen LogP contribution is 2.62. The fourth-order valence-corrected chi connectivity index (χ4v) is 7.92. The summed E-state index contributed by atoms with van der Waals surface area (Å²) in [5.41, 5.74) is 2.35. The van der Waals surface area contributed by atoms with Crippen LogP contribution in [0.3, 0.4) is 0 Å². The Balaban J connectivity index is 1.52. The molecule has 12 heteroatoms. The first-order chi connectivity index (χ1) is 24.0. The Morgan fingerprint density at radius 1 is 1.06 bits per heavy atom. The third-order valence-electron chi connectivity index (χ3n) is 9.99. The minimum Gasteiger partial charge on any atom is -0.508 e. The van der Waals surface area contributed by atoms with Gasteiger partial charge in [0.1, 0.15) is 29.7 Å². The first-order valence-corrected chi connectivity index (χ1v) is 17.6. The number of unbranched alkanes of at least 4 members (excludes halogenated alkanes) is 2. The molecule has 6 rings (SSSR count). The van der Waals surface area contributed by atoms with Crippen LogP contribution in [0.2, 0.25) is 0 Å². The number of aromatic hydroxyl groups is 1. The molecule has 0 spiro atoms. The normalized spacial score (nSPS) is 26.4. The number of phenols is 1. The molecular weight excluding hydrogens is 640 g/mol. The van der Waals surface area contributed by atoms with E-state index >= 15 is 0 Å². The fraction of sp³-hybridized carbons (Fsp3) is 0.526. The Morgan fingerprint density at radius 2 is 1.80 bits per heavy atom. The maximum atomic E-state index is 13.5. The quantitative estimate of drug-likeness (QED) is 0.103. The van der Waals surface area contributed by atoms with Gasteiger partial charge in [0.15, 0.2) is 5.69 Å². The van der Waals surface area contributed by atoms with E-state index in [-0.39, 0.29) is 55.4 Å². The predicted molar refractivity (Wildman–Crippen MR) is 184 cm³/mol. The van der Waals surface area contributed by atoms with Crippen LogP contribution in [0, 0.1) is 17.8 Å². The van der Waals surface area contributed by atoms with Crippen LogP contribution >= 0.6 is 0 Å². The molecule has 2 heterocycles. The second kappa shape index (κ2) is 14.9. The summed E-state index contributed by atoms with van der Waals surface area (Å²) in [6, 6.07) is 13.6. The van der Waals surface area contributed by atoms with Crippen molar-refractivity contribution in [3.05, 3.63) is 83.2 Å². The molecule has 3 aromatic rings. The van der Waals surface area contributed by atoms with Gasteiger partial charge in [-0.3, -0.25) is 0 Å². The molecule has 1 saturated carbocycles. The van der Waals surface area contributed by atoms with Crippen molar-refractivity contribution in [2.75, 3.05) is 13.2 Å². The molecule has 0 unspecified atom stereocenters. The fourth-order valence-electron chi connectivity index (χ4n) is 7.92. The van der Waals surface area contributed by atoms with E-state index in [2.05, 4.69) is 16.4 Å². The summed E-state index contributed by atoms with van der Waals surface area (Å²) in [7, 11) is 0. The van der Waals surface area contributed by atoms with Crippen LogP contribution in [0.1, 0.15) is 99.3 Å². The second-order valence-corrected chi connectivity index (χ2v) is 14.6. The second-order valence-electron chi connectivity index (χ2n) is 14.6. The number of phenolic OH excluding ortho intramolecular Hbond substituents is 1. The number of aliphatic hydroxyl groups is 3. The number of benzene rings is 2. The molecule has 0 bridgehead atoms. The molecule has 2 aromatic carbocycles. The molecule has 2 aliphatic carbocycles. The SMILES string of the molecule is CC(C)(C)OC(=O)c1cnnn1[C@H]1CC(=NOCc2ccccc2)C2=C[C@H](CCCCO)[C@@H](CCCCO)[C@@H]3c4cc(O)ccc4O[C@@]1(O)[C@H]23. The Labute approximate surface area is 292 Å². The van der Waals surface area contributed by atoms with Gasteiger partial charge in [0.05, 0.1) is 17.8 Å². The molecule has 1 aliphatic heterocycles. The number of esters is 1. The number of hydrogen-bond acceptors (Lipinski definition) is 11. The molecule has 6 atom stereocenters. The van der Waals surface area contributed by atoms with Gasteiger partial charge in [-0.2, -0.15) is 0 Å². The van der Waals surface area contributed by atoms with E-state index in [1.54, 1.807) is 32.9 Å². The highest BCUT2D eigenvalue weighted by Gasteiger charge is 2.63. The summed E-state index contributed by atoms with van der Waals surface area (Å²) in [5.74, 6) is -3.07. The molecule has 4 N–H and O–H groups in total. The van der Waals surface area contributed by atoms with Crippen LogP contribution in [-0.4, -0.2) is 71.7 Å². The first-order valence-electron chi connectivity index (χ1n) is 17.6. The van der Waals surface area contributed by atoms with Crippen molar-refractivity contribution in [1.29, 1.82) is 0 Å². The van der Waals surface area contributed by atoms with E-state index in [0.717, 1.165) is 42.4 Å². The number of aromatic nitrogens is 3. The van der Waals surface area contributed by atoms with Crippen LogP contribution in [0.5, 0.6) is 11.5 Å². The molecule has 0 radical (unpaired) electrons. The predicted octanol–water partition coefficient (Wildman–Crippen LogP) is 5.44.